The minimum atomic E-state index is -1.13. The Bertz CT molecular complexity index is 690. The molecule has 6 N–H and O–H groups in total. The van der Waals surface area contributed by atoms with Crippen molar-refractivity contribution in [3.8, 4) is 0 Å². The van der Waals surface area contributed by atoms with Crippen LogP contribution in [0.25, 0.3) is 0 Å². The fraction of sp³-hybridized carbons (Fsp3) is 0.500. The highest BCUT2D eigenvalue weighted by atomic mass is 16.4. The third-order valence-corrected chi connectivity index (χ3v) is 3.92. The second-order valence-corrected chi connectivity index (χ2v) is 6.36. The maximum Gasteiger partial charge on any atom is 0.315 e. The molecule has 0 saturated carbocycles. The van der Waals surface area contributed by atoms with Crippen LogP contribution >= 0.6 is 0 Å². The lowest BCUT2D eigenvalue weighted by molar-refractivity contribution is -0.137. The number of carbonyl (C=O) groups is 5. The predicted octanol–water partition coefficient (Wildman–Crippen LogP) is -1.23. The van der Waals surface area contributed by atoms with Gasteiger partial charge in [0.25, 0.3) is 0 Å². The molecule has 29 heavy (non-hydrogen) atoms. The number of nitrogens with one attached hydrogen (secondary N) is 5. The molecule has 1 aliphatic rings. The van der Waals surface area contributed by atoms with E-state index in [0.29, 0.717) is 13.0 Å². The predicted molar refractivity (Wildman–Crippen MR) is 104 cm³/mol. The first-order valence-electron chi connectivity index (χ1n) is 9.16. The summed E-state index contributed by atoms with van der Waals surface area (Å²) in [6, 6.07) is -3.28. The molecule has 11 heteroatoms. The number of rotatable bonds is 6. The SMILES string of the molecule is CNC(=O)NC(CCC(=O)O)C(=O)NC1C=CCCNC(=O)C=CC(C)NC1=O. The first-order chi connectivity index (χ1) is 13.7. The zero-order chi connectivity index (χ0) is 21.8. The quantitative estimate of drug-likeness (QED) is 0.301. The summed E-state index contributed by atoms with van der Waals surface area (Å²) in [6.45, 7) is 2.02. The van der Waals surface area contributed by atoms with Crippen molar-refractivity contribution in [1.29, 1.82) is 0 Å². The van der Waals surface area contributed by atoms with Crippen molar-refractivity contribution in [2.24, 2.45) is 0 Å². The van der Waals surface area contributed by atoms with Crippen LogP contribution in [0.3, 0.4) is 0 Å². The summed E-state index contributed by atoms with van der Waals surface area (Å²) in [6.07, 6.45) is 5.91. The monoisotopic (exact) mass is 409 g/mol. The van der Waals surface area contributed by atoms with Crippen molar-refractivity contribution in [3.05, 3.63) is 24.3 Å². The summed E-state index contributed by atoms with van der Waals surface area (Å²) >= 11 is 0. The molecule has 5 amide bonds. The summed E-state index contributed by atoms with van der Waals surface area (Å²) in [5, 5.41) is 21.4. The van der Waals surface area contributed by atoms with Gasteiger partial charge in [0, 0.05) is 32.1 Å². The smallest absolute Gasteiger partial charge is 0.315 e. The Hall–Kier alpha value is -3.37. The van der Waals surface area contributed by atoms with Crippen molar-refractivity contribution in [3.63, 3.8) is 0 Å². The minimum Gasteiger partial charge on any atom is -0.481 e. The molecule has 0 aromatic carbocycles. The minimum absolute atomic E-state index is 0.141. The number of amides is 5. The molecule has 0 aromatic rings. The molecule has 0 saturated heterocycles. The van der Waals surface area contributed by atoms with Crippen molar-refractivity contribution in [2.75, 3.05) is 13.6 Å². The number of carboxylic acid groups (broad SMARTS) is 1. The zero-order valence-corrected chi connectivity index (χ0v) is 16.4. The van der Waals surface area contributed by atoms with E-state index >= 15 is 0 Å². The highest BCUT2D eigenvalue weighted by molar-refractivity contribution is 5.93. The van der Waals surface area contributed by atoms with E-state index in [1.807, 2.05) is 0 Å². The van der Waals surface area contributed by atoms with Crippen LogP contribution < -0.4 is 26.6 Å². The van der Waals surface area contributed by atoms with Gasteiger partial charge in [0.05, 0.1) is 0 Å². The summed E-state index contributed by atoms with van der Waals surface area (Å²) in [4.78, 5) is 59.1. The van der Waals surface area contributed by atoms with Crippen molar-refractivity contribution in [1.82, 2.24) is 26.6 Å². The molecule has 1 aliphatic heterocycles. The van der Waals surface area contributed by atoms with Gasteiger partial charge in [0.15, 0.2) is 0 Å². The molecule has 160 valence electrons. The Morgan fingerprint density at radius 1 is 1.28 bits per heavy atom. The summed E-state index contributed by atoms with van der Waals surface area (Å²) in [7, 11) is 1.36. The Morgan fingerprint density at radius 2 is 2.00 bits per heavy atom. The van der Waals surface area contributed by atoms with Gasteiger partial charge in [-0.1, -0.05) is 18.2 Å². The van der Waals surface area contributed by atoms with Crippen LogP contribution in [0.4, 0.5) is 4.79 Å². The van der Waals surface area contributed by atoms with Crippen LogP contribution in [-0.4, -0.2) is 66.5 Å². The van der Waals surface area contributed by atoms with Gasteiger partial charge in [-0.05, 0) is 19.8 Å². The average Bonchev–Trinajstić information content (AvgIpc) is 2.66. The van der Waals surface area contributed by atoms with Crippen LogP contribution in [0.5, 0.6) is 0 Å². The lowest BCUT2D eigenvalue weighted by atomic mass is 10.1. The standard InChI is InChI=1S/C18H27N5O6/c1-11-6-8-14(24)20-10-4-3-5-12(16(27)21-11)22-17(28)13(7-9-15(25)26)23-18(29)19-2/h3,5-6,8,11-13H,4,7,9-10H2,1-2H3,(H,20,24)(H,21,27)(H,22,28)(H,25,26)(H2,19,23,29). The number of aliphatic carboxylic acids is 1. The molecule has 3 unspecified atom stereocenters. The van der Waals surface area contributed by atoms with E-state index in [1.54, 1.807) is 13.0 Å². The van der Waals surface area contributed by atoms with E-state index in [0.717, 1.165) is 0 Å². The van der Waals surface area contributed by atoms with Crippen molar-refractivity contribution in [2.45, 2.75) is 44.3 Å². The third kappa shape index (κ3) is 9.40. The van der Waals surface area contributed by atoms with E-state index in [-0.39, 0.29) is 18.7 Å². The van der Waals surface area contributed by atoms with Crippen LogP contribution in [0.1, 0.15) is 26.2 Å². The molecule has 0 bridgehead atoms. The fourth-order valence-corrected chi connectivity index (χ4v) is 2.39. The van der Waals surface area contributed by atoms with E-state index in [1.165, 1.54) is 25.3 Å². The largest absolute Gasteiger partial charge is 0.481 e. The van der Waals surface area contributed by atoms with Crippen molar-refractivity contribution < 1.29 is 29.1 Å². The van der Waals surface area contributed by atoms with Gasteiger partial charge in [-0.3, -0.25) is 19.2 Å². The van der Waals surface area contributed by atoms with Crippen LogP contribution in [0, 0.1) is 0 Å². The zero-order valence-electron chi connectivity index (χ0n) is 16.4. The van der Waals surface area contributed by atoms with Gasteiger partial charge >= 0.3 is 12.0 Å². The van der Waals surface area contributed by atoms with E-state index in [9.17, 15) is 24.0 Å². The molecule has 0 fully saturated rings. The average molecular weight is 409 g/mol. The number of urea groups is 1. The molecule has 1 rings (SSSR count). The van der Waals surface area contributed by atoms with Gasteiger partial charge in [-0.15, -0.1) is 0 Å². The molecular formula is C18H27N5O6. The first kappa shape index (κ1) is 23.7. The van der Waals surface area contributed by atoms with Crippen LogP contribution in [-0.2, 0) is 19.2 Å². The summed E-state index contributed by atoms with van der Waals surface area (Å²) < 4.78 is 0. The lowest BCUT2D eigenvalue weighted by Crippen LogP contribution is -2.55. The topological polar surface area (TPSA) is 166 Å². The Morgan fingerprint density at radius 3 is 2.66 bits per heavy atom. The van der Waals surface area contributed by atoms with E-state index < -0.39 is 41.9 Å². The van der Waals surface area contributed by atoms with Gasteiger partial charge < -0.3 is 31.7 Å². The first-order valence-corrected chi connectivity index (χ1v) is 9.16. The van der Waals surface area contributed by atoms with Gasteiger partial charge in [0.2, 0.25) is 17.7 Å². The van der Waals surface area contributed by atoms with E-state index in [4.69, 9.17) is 5.11 Å². The van der Waals surface area contributed by atoms with Gasteiger partial charge in [-0.2, -0.15) is 0 Å². The number of carboxylic acids is 1. The molecule has 0 aliphatic carbocycles. The molecule has 1 heterocycles. The molecule has 11 nitrogen and oxygen atoms in total. The maximum atomic E-state index is 12.6. The Kier molecular flexibility index (Phi) is 9.92. The molecular weight excluding hydrogens is 382 g/mol. The second-order valence-electron chi connectivity index (χ2n) is 6.36. The maximum absolute atomic E-state index is 12.6. The highest BCUT2D eigenvalue weighted by Gasteiger charge is 2.26. The van der Waals surface area contributed by atoms with Gasteiger partial charge in [-0.25, -0.2) is 4.79 Å². The molecule has 0 radical (unpaired) electrons. The highest BCUT2D eigenvalue weighted by Crippen LogP contribution is 2.01. The van der Waals surface area contributed by atoms with E-state index in [2.05, 4.69) is 26.6 Å². The van der Waals surface area contributed by atoms with Gasteiger partial charge in [0.1, 0.15) is 12.1 Å². The van der Waals surface area contributed by atoms with Crippen molar-refractivity contribution >= 4 is 29.7 Å². The molecule has 0 aromatic heterocycles. The Balaban J connectivity index is 2.91. The number of carbonyl (C=O) groups excluding carboxylic acids is 4. The molecule has 3 atom stereocenters. The summed E-state index contributed by atoms with van der Waals surface area (Å²) in [5.41, 5.74) is 0. The number of hydrogen-bond acceptors (Lipinski definition) is 5. The third-order valence-electron chi connectivity index (χ3n) is 3.92. The summed E-state index contributed by atoms with van der Waals surface area (Å²) in [5.74, 6) is -2.59. The normalized spacial score (nSPS) is 20.9. The van der Waals surface area contributed by atoms with Crippen LogP contribution in [0.15, 0.2) is 24.3 Å². The number of hydrogen-bond donors (Lipinski definition) is 6. The molecule has 0 spiro atoms. The second kappa shape index (κ2) is 12.2. The lowest BCUT2D eigenvalue weighted by Gasteiger charge is -2.22. The fourth-order valence-electron chi connectivity index (χ4n) is 2.39. The van der Waals surface area contributed by atoms with Crippen LogP contribution in [0.2, 0.25) is 0 Å². The Labute approximate surface area is 168 Å².